The van der Waals surface area contributed by atoms with E-state index in [9.17, 15) is 9.18 Å². The second-order valence-electron chi connectivity index (χ2n) is 12.8. The Bertz CT molecular complexity index is 1550. The second-order valence-corrected chi connectivity index (χ2v) is 12.8. The van der Waals surface area contributed by atoms with Crippen LogP contribution in [0, 0.1) is 12.9 Å². The number of aromatic nitrogens is 3. The largest absolute Gasteiger partial charge is 0.349 e. The van der Waals surface area contributed by atoms with Gasteiger partial charge in [-0.3, -0.25) is 9.69 Å². The highest BCUT2D eigenvalue weighted by Gasteiger charge is 2.44. The Morgan fingerprint density at radius 2 is 1.64 bits per heavy atom. The lowest BCUT2D eigenvalue weighted by atomic mass is 9.66. The Morgan fingerprint density at radius 3 is 2.38 bits per heavy atom. The summed E-state index contributed by atoms with van der Waals surface area (Å²) in [6, 6.07) is 24.4. The molecule has 1 saturated carbocycles. The average molecular weight is 566 g/mol. The van der Waals surface area contributed by atoms with Crippen molar-refractivity contribution in [2.24, 2.45) is 0 Å². The summed E-state index contributed by atoms with van der Waals surface area (Å²) in [7, 11) is 0. The van der Waals surface area contributed by atoms with Crippen molar-refractivity contribution in [3.05, 3.63) is 95.8 Å². The molecule has 218 valence electrons. The van der Waals surface area contributed by atoms with E-state index >= 15 is 0 Å². The van der Waals surface area contributed by atoms with E-state index in [2.05, 4.69) is 81.3 Å². The van der Waals surface area contributed by atoms with Gasteiger partial charge in [-0.2, -0.15) is 4.39 Å². The first kappa shape index (κ1) is 27.3. The first-order valence-electron chi connectivity index (χ1n) is 15.7. The molecule has 0 radical (unpaired) electrons. The molecule has 0 spiro atoms. The number of benzene rings is 2. The van der Waals surface area contributed by atoms with E-state index < -0.39 is 5.95 Å². The van der Waals surface area contributed by atoms with Crippen LogP contribution < -0.4 is 5.32 Å². The Kier molecular flexibility index (Phi) is 7.30. The number of amides is 1. The molecule has 42 heavy (non-hydrogen) atoms. The number of aryl methyl sites for hydroxylation is 1. The van der Waals surface area contributed by atoms with Gasteiger partial charge in [-0.1, -0.05) is 42.5 Å². The van der Waals surface area contributed by atoms with Gasteiger partial charge >= 0.3 is 0 Å². The molecule has 1 N–H and O–H groups in total. The fourth-order valence-corrected chi connectivity index (χ4v) is 8.40. The third-order valence-electron chi connectivity index (χ3n) is 10.5. The van der Waals surface area contributed by atoms with Crippen molar-refractivity contribution in [3.8, 4) is 0 Å². The van der Waals surface area contributed by atoms with Crippen LogP contribution in [-0.2, 0) is 5.41 Å². The van der Waals surface area contributed by atoms with E-state index in [0.29, 0.717) is 18.1 Å². The first-order valence-corrected chi connectivity index (χ1v) is 15.7. The molecule has 3 fully saturated rings. The molecule has 4 heterocycles. The minimum absolute atomic E-state index is 0.0233. The highest BCUT2D eigenvalue weighted by molar-refractivity contribution is 5.94. The normalized spacial score (nSPS) is 27.8. The van der Waals surface area contributed by atoms with E-state index in [0.717, 1.165) is 50.0 Å². The third-order valence-corrected chi connectivity index (χ3v) is 10.5. The van der Waals surface area contributed by atoms with Crippen molar-refractivity contribution in [2.45, 2.75) is 94.3 Å². The zero-order valence-corrected chi connectivity index (χ0v) is 24.4. The average Bonchev–Trinajstić information content (AvgIpc) is 3.47. The molecule has 2 unspecified atom stereocenters. The summed E-state index contributed by atoms with van der Waals surface area (Å²) in [6.45, 7) is 3.27. The number of carbonyl (C=O) groups excluding carboxylic acids is 1. The van der Waals surface area contributed by atoms with Crippen molar-refractivity contribution in [1.29, 1.82) is 0 Å². The minimum Gasteiger partial charge on any atom is -0.349 e. The molecule has 1 amide bonds. The summed E-state index contributed by atoms with van der Waals surface area (Å²) in [6.07, 6.45) is 11.3. The van der Waals surface area contributed by atoms with E-state index in [1.165, 1.54) is 49.0 Å². The lowest BCUT2D eigenvalue weighted by Gasteiger charge is -2.45. The zero-order chi connectivity index (χ0) is 28.7. The maximum Gasteiger partial charge on any atom is 0.256 e. The van der Waals surface area contributed by atoms with Crippen molar-refractivity contribution < 1.29 is 9.18 Å². The number of rotatable bonds is 7. The van der Waals surface area contributed by atoms with Crippen LogP contribution >= 0.6 is 0 Å². The lowest BCUT2D eigenvalue weighted by molar-refractivity contribution is 0.0848. The molecule has 6 nitrogen and oxygen atoms in total. The van der Waals surface area contributed by atoms with Crippen LogP contribution in [0.4, 0.5) is 4.39 Å². The number of hydrogen-bond acceptors (Lipinski definition) is 4. The first-order chi connectivity index (χ1) is 20.5. The highest BCUT2D eigenvalue weighted by atomic mass is 19.1. The predicted molar refractivity (Wildman–Crippen MR) is 163 cm³/mol. The standard InChI is InChI=1S/C35H40FN5O/c1-24-38-31-11-5-6-12-32(31)41(24)29-22-27-13-14-28(23-29)40(27)21-19-35(25-8-3-2-4-9-25)17-15-26(16-18-35)39-34(42)30-10-7-20-37-33(30)36/h2-12,20,26-29H,13-19,21-23H2,1H3,(H,39,42). The van der Waals surface area contributed by atoms with Gasteiger partial charge in [0.05, 0.1) is 16.6 Å². The fourth-order valence-electron chi connectivity index (χ4n) is 8.40. The van der Waals surface area contributed by atoms with Crippen LogP contribution in [-0.4, -0.2) is 50.0 Å². The molecule has 2 atom stereocenters. The smallest absolute Gasteiger partial charge is 0.256 e. The van der Waals surface area contributed by atoms with E-state index in [-0.39, 0.29) is 22.9 Å². The Morgan fingerprint density at radius 1 is 0.929 bits per heavy atom. The van der Waals surface area contributed by atoms with E-state index in [1.54, 1.807) is 6.07 Å². The van der Waals surface area contributed by atoms with Crippen molar-refractivity contribution >= 4 is 16.9 Å². The van der Waals surface area contributed by atoms with Crippen LogP contribution in [0.3, 0.4) is 0 Å². The molecule has 4 aromatic rings. The van der Waals surface area contributed by atoms with Gasteiger partial charge in [-0.25, -0.2) is 9.97 Å². The van der Waals surface area contributed by atoms with E-state index in [1.807, 2.05) is 0 Å². The van der Waals surface area contributed by atoms with Gasteiger partial charge in [0.25, 0.3) is 5.91 Å². The maximum absolute atomic E-state index is 14.1. The number of imidazole rings is 1. The Balaban J connectivity index is 1.04. The molecule has 2 bridgehead atoms. The number of halogens is 1. The zero-order valence-electron chi connectivity index (χ0n) is 24.4. The second kappa shape index (κ2) is 11.3. The van der Waals surface area contributed by atoms with Gasteiger partial charge in [0, 0.05) is 30.4 Å². The number of hydrogen-bond donors (Lipinski definition) is 1. The monoisotopic (exact) mass is 565 g/mol. The molecular formula is C35H40FN5O. The Labute approximate surface area is 247 Å². The van der Waals surface area contributed by atoms with E-state index in [4.69, 9.17) is 4.98 Å². The molecule has 7 heteroatoms. The summed E-state index contributed by atoms with van der Waals surface area (Å²) in [4.78, 5) is 24.1. The number of nitrogens with zero attached hydrogens (tertiary/aromatic N) is 4. The van der Waals surface area contributed by atoms with Gasteiger partial charge in [0.1, 0.15) is 5.82 Å². The van der Waals surface area contributed by atoms with Crippen molar-refractivity contribution in [2.75, 3.05) is 6.54 Å². The molecule has 2 aliphatic heterocycles. The summed E-state index contributed by atoms with van der Waals surface area (Å²) < 4.78 is 16.6. The number of fused-ring (bicyclic) bond motifs is 3. The van der Waals surface area contributed by atoms with Gasteiger partial charge in [0.15, 0.2) is 0 Å². The minimum atomic E-state index is -0.709. The molecule has 7 rings (SSSR count). The van der Waals surface area contributed by atoms with Gasteiger partial charge in [-0.15, -0.1) is 0 Å². The highest BCUT2D eigenvalue weighted by Crippen LogP contribution is 2.46. The lowest BCUT2D eigenvalue weighted by Crippen LogP contribution is -2.47. The van der Waals surface area contributed by atoms with Crippen LogP contribution in [0.2, 0.25) is 0 Å². The number of nitrogens with one attached hydrogen (secondary N) is 1. The number of piperidine rings is 1. The van der Waals surface area contributed by atoms with Crippen molar-refractivity contribution in [1.82, 2.24) is 24.8 Å². The van der Waals surface area contributed by atoms with Crippen molar-refractivity contribution in [3.63, 3.8) is 0 Å². The number of carbonyl (C=O) groups is 1. The molecule has 1 aliphatic carbocycles. The molecule has 2 saturated heterocycles. The van der Waals surface area contributed by atoms with Crippen LogP contribution in [0.25, 0.3) is 11.0 Å². The SMILES string of the molecule is Cc1nc2ccccc2n1C1CC2CCC(C1)N2CCC1(c2ccccc2)CCC(NC(=O)c2cccnc2F)CC1. The topological polar surface area (TPSA) is 63.1 Å². The summed E-state index contributed by atoms with van der Waals surface area (Å²) in [5.74, 6) is 0.0598. The van der Waals surface area contributed by atoms with Gasteiger partial charge in [0.2, 0.25) is 5.95 Å². The fraction of sp³-hybridized carbons (Fsp3) is 0.457. The third kappa shape index (κ3) is 5.02. The number of pyridine rings is 1. The quantitative estimate of drug-likeness (QED) is 0.252. The maximum atomic E-state index is 14.1. The summed E-state index contributed by atoms with van der Waals surface area (Å²) in [5.41, 5.74) is 3.90. The van der Waals surface area contributed by atoms with Crippen LogP contribution in [0.5, 0.6) is 0 Å². The summed E-state index contributed by atoms with van der Waals surface area (Å²) in [5, 5.41) is 3.09. The molecule has 2 aromatic heterocycles. The Hall–Kier alpha value is -3.58. The molecule has 2 aromatic carbocycles. The molecular weight excluding hydrogens is 525 g/mol. The predicted octanol–water partition coefficient (Wildman–Crippen LogP) is 6.75. The van der Waals surface area contributed by atoms with Gasteiger partial charge in [-0.05, 0) is 106 Å². The number of para-hydroxylation sites is 2. The van der Waals surface area contributed by atoms with Crippen LogP contribution in [0.1, 0.15) is 85.6 Å². The molecule has 3 aliphatic rings. The summed E-state index contributed by atoms with van der Waals surface area (Å²) >= 11 is 0. The van der Waals surface area contributed by atoms with Gasteiger partial charge < -0.3 is 9.88 Å². The van der Waals surface area contributed by atoms with Crippen LogP contribution in [0.15, 0.2) is 72.9 Å².